The zero-order chi connectivity index (χ0) is 33.3. The molecule has 10 rings (SSSR count). The molecule has 4 aromatic carbocycles. The minimum atomic E-state index is 0.0452. The van der Waals surface area contributed by atoms with Crippen molar-refractivity contribution in [2.45, 2.75) is 50.4 Å². The first-order valence-corrected chi connectivity index (χ1v) is 17.2. The van der Waals surface area contributed by atoms with Crippen LogP contribution in [0.5, 0.6) is 0 Å². The maximum Gasteiger partial charge on any atom is 0.152 e. The summed E-state index contributed by atoms with van der Waals surface area (Å²) in [6.45, 7) is 5.84. The summed E-state index contributed by atoms with van der Waals surface area (Å²) in [5.74, 6) is 2.09. The van der Waals surface area contributed by atoms with Crippen molar-refractivity contribution in [3.05, 3.63) is 131 Å². The molecule has 0 unspecified atom stereocenters. The maximum absolute atomic E-state index is 9.07. The van der Waals surface area contributed by atoms with Gasteiger partial charge in [0.2, 0.25) is 0 Å². The van der Waals surface area contributed by atoms with Gasteiger partial charge in [-0.15, -0.1) is 0 Å². The van der Waals surface area contributed by atoms with E-state index in [1.165, 1.54) is 28.1 Å². The molecule has 0 bridgehead atoms. The van der Waals surface area contributed by atoms with Gasteiger partial charge in [-0.1, -0.05) is 58.3 Å². The number of aromatic nitrogens is 2. The molecule has 4 aliphatic rings. The smallest absolute Gasteiger partial charge is 0.152 e. The number of nitriles is 1. The molecule has 2 spiro atoms. The highest BCUT2D eigenvalue weighted by Gasteiger charge is 2.54. The molecule has 2 aliphatic carbocycles. The number of rotatable bonds is 2. The largest absolute Gasteiger partial charge is 0.360 e. The standard InChI is InChI=1S/C21H17N3O.C20H17ClN2O/c1-14-19-17-4-2-3-5-18(17)24(16-8-6-15(12-22)7-9-16)13-21(10-11-21)20(19)25-23-14;1-13-18-16-4-2-3-5-17(16)23(15-8-6-14(21)7-9-15)12-20(10-11-20)19(18)24-22-13/h2-9H,10-11,13H2,1H3;2-9H,10-12H2,1H3. The van der Waals surface area contributed by atoms with Gasteiger partial charge in [-0.25, -0.2) is 0 Å². The van der Waals surface area contributed by atoms with Crippen molar-refractivity contribution in [2.75, 3.05) is 22.9 Å². The van der Waals surface area contributed by atoms with E-state index in [9.17, 15) is 0 Å². The van der Waals surface area contributed by atoms with E-state index >= 15 is 0 Å². The van der Waals surface area contributed by atoms with Crippen molar-refractivity contribution in [2.24, 2.45) is 0 Å². The third-order valence-electron chi connectivity index (χ3n) is 10.7. The first kappa shape index (κ1) is 29.8. The van der Waals surface area contributed by atoms with Gasteiger partial charge in [0.1, 0.15) is 0 Å². The topological polar surface area (TPSA) is 82.3 Å². The summed E-state index contributed by atoms with van der Waals surface area (Å²) in [6.07, 6.45) is 4.53. The molecule has 0 saturated heterocycles. The molecule has 2 aromatic heterocycles. The van der Waals surface area contributed by atoms with Gasteiger partial charge in [-0.05, 0) is 100 Å². The number of benzene rings is 4. The number of anilines is 4. The van der Waals surface area contributed by atoms with Crippen LogP contribution in [0.1, 0.15) is 54.2 Å². The number of fused-ring (bicyclic) bond motifs is 8. The quantitative estimate of drug-likeness (QED) is 0.182. The highest BCUT2D eigenvalue weighted by Crippen LogP contribution is 2.58. The molecule has 2 aliphatic heterocycles. The van der Waals surface area contributed by atoms with Crippen LogP contribution in [0.15, 0.2) is 106 Å². The lowest BCUT2D eigenvalue weighted by Crippen LogP contribution is -2.27. The van der Waals surface area contributed by atoms with E-state index in [4.69, 9.17) is 25.9 Å². The molecular weight excluding hydrogens is 630 g/mol. The maximum atomic E-state index is 9.07. The Morgan fingerprint density at radius 1 is 0.633 bits per heavy atom. The Balaban J connectivity index is 0.000000133. The van der Waals surface area contributed by atoms with Crippen molar-refractivity contribution in [3.63, 3.8) is 0 Å². The van der Waals surface area contributed by atoms with Crippen LogP contribution < -0.4 is 9.80 Å². The molecule has 8 heteroatoms. The van der Waals surface area contributed by atoms with E-state index in [2.05, 4.69) is 86.8 Å². The van der Waals surface area contributed by atoms with Crippen molar-refractivity contribution >= 4 is 34.4 Å². The van der Waals surface area contributed by atoms with Crippen LogP contribution in [0.2, 0.25) is 5.02 Å². The lowest BCUT2D eigenvalue weighted by Gasteiger charge is -2.27. The van der Waals surface area contributed by atoms with Crippen LogP contribution in [0, 0.1) is 25.2 Å². The van der Waals surface area contributed by atoms with E-state index in [0.29, 0.717) is 5.56 Å². The summed E-state index contributed by atoms with van der Waals surface area (Å²) in [4.78, 5) is 4.76. The summed E-state index contributed by atoms with van der Waals surface area (Å²) in [7, 11) is 0. The van der Waals surface area contributed by atoms with Crippen LogP contribution in [0.3, 0.4) is 0 Å². The molecule has 2 saturated carbocycles. The Morgan fingerprint density at radius 2 is 1.06 bits per heavy atom. The predicted octanol–water partition coefficient (Wildman–Crippen LogP) is 10.2. The number of para-hydroxylation sites is 2. The first-order valence-electron chi connectivity index (χ1n) is 16.8. The lowest BCUT2D eigenvalue weighted by molar-refractivity contribution is 0.352. The van der Waals surface area contributed by atoms with Gasteiger partial charge in [0.25, 0.3) is 0 Å². The fourth-order valence-electron chi connectivity index (χ4n) is 7.73. The van der Waals surface area contributed by atoms with Crippen LogP contribution in [0.4, 0.5) is 22.7 Å². The zero-order valence-corrected chi connectivity index (χ0v) is 28.2. The van der Waals surface area contributed by atoms with Crippen LogP contribution in [-0.4, -0.2) is 23.4 Å². The second-order valence-electron chi connectivity index (χ2n) is 13.8. The third-order valence-corrected chi connectivity index (χ3v) is 10.9. The van der Waals surface area contributed by atoms with Crippen molar-refractivity contribution in [1.82, 2.24) is 10.3 Å². The highest BCUT2D eigenvalue weighted by molar-refractivity contribution is 6.30. The third kappa shape index (κ3) is 4.85. The zero-order valence-electron chi connectivity index (χ0n) is 27.4. The van der Waals surface area contributed by atoms with E-state index < -0.39 is 0 Å². The summed E-state index contributed by atoms with van der Waals surface area (Å²) in [6, 6.07) is 35.1. The minimum Gasteiger partial charge on any atom is -0.360 e. The Bertz CT molecular complexity index is 2250. The monoisotopic (exact) mass is 663 g/mol. The Morgan fingerprint density at radius 3 is 1.49 bits per heavy atom. The lowest BCUT2D eigenvalue weighted by atomic mass is 9.95. The fraction of sp³-hybridized carbons (Fsp3) is 0.244. The van der Waals surface area contributed by atoms with Crippen LogP contribution in [-0.2, 0) is 10.8 Å². The van der Waals surface area contributed by atoms with E-state index in [1.807, 2.05) is 50.2 Å². The first-order chi connectivity index (χ1) is 23.9. The van der Waals surface area contributed by atoms with Crippen molar-refractivity contribution in [1.29, 1.82) is 5.26 Å². The Hall–Kier alpha value is -5.32. The van der Waals surface area contributed by atoms with Crippen LogP contribution in [0.25, 0.3) is 22.3 Å². The molecule has 4 heterocycles. The number of hydrogen-bond acceptors (Lipinski definition) is 7. The van der Waals surface area contributed by atoms with Gasteiger partial charge in [-0.3, -0.25) is 0 Å². The molecule has 242 valence electrons. The van der Waals surface area contributed by atoms with E-state index in [1.54, 1.807) is 0 Å². The summed E-state index contributed by atoms with van der Waals surface area (Å²) in [5.41, 5.74) is 12.1. The molecule has 7 nitrogen and oxygen atoms in total. The normalized spacial score (nSPS) is 17.0. The highest BCUT2D eigenvalue weighted by atomic mass is 35.5. The van der Waals surface area contributed by atoms with Crippen molar-refractivity contribution < 1.29 is 9.05 Å². The summed E-state index contributed by atoms with van der Waals surface area (Å²) < 4.78 is 11.6. The average Bonchev–Trinajstić information content (AvgIpc) is 4.04. The molecule has 2 fully saturated rings. The molecule has 0 amide bonds. The number of aryl methyl sites for hydroxylation is 2. The van der Waals surface area contributed by atoms with Crippen molar-refractivity contribution in [3.8, 4) is 28.3 Å². The van der Waals surface area contributed by atoms with Gasteiger partial charge in [0.15, 0.2) is 11.5 Å². The average molecular weight is 664 g/mol. The van der Waals surface area contributed by atoms with Gasteiger partial charge in [0, 0.05) is 62.8 Å². The second-order valence-corrected chi connectivity index (χ2v) is 14.3. The predicted molar refractivity (Wildman–Crippen MR) is 192 cm³/mol. The molecular formula is C41H34ClN5O2. The van der Waals surface area contributed by atoms with E-state index in [-0.39, 0.29) is 10.8 Å². The molecule has 0 radical (unpaired) electrons. The van der Waals surface area contributed by atoms with Crippen LogP contribution >= 0.6 is 11.6 Å². The number of hydrogen-bond donors (Lipinski definition) is 0. The SMILES string of the molecule is Cc1noc2c1-c1ccccc1N(c1ccc(C#N)cc1)CC21CC1.Cc1noc2c1-c1ccccc1N(c1ccc(Cl)cc1)CC21CC1. The van der Waals surface area contributed by atoms with Gasteiger partial charge < -0.3 is 18.8 Å². The Kier molecular flexibility index (Phi) is 6.76. The fourth-order valence-corrected chi connectivity index (χ4v) is 7.85. The molecule has 0 atom stereocenters. The van der Waals surface area contributed by atoms with Gasteiger partial charge in [-0.2, -0.15) is 5.26 Å². The molecule has 49 heavy (non-hydrogen) atoms. The van der Waals surface area contributed by atoms with E-state index in [0.717, 1.165) is 83.6 Å². The number of halogens is 1. The molecule has 0 N–H and O–H groups in total. The van der Waals surface area contributed by atoms with Gasteiger partial charge >= 0.3 is 0 Å². The van der Waals surface area contributed by atoms with Gasteiger partial charge in [0.05, 0.1) is 34.1 Å². The Labute approximate surface area is 290 Å². The summed E-state index contributed by atoms with van der Waals surface area (Å²) >= 11 is 6.09. The molecule has 6 aromatic rings. The minimum absolute atomic E-state index is 0.0452. The second kappa shape index (κ2) is 11.1. The summed E-state index contributed by atoms with van der Waals surface area (Å²) in [5, 5.41) is 18.4. The number of nitrogens with zero attached hydrogens (tertiary/aromatic N) is 5.